The first-order chi connectivity index (χ1) is 22.1. The van der Waals surface area contributed by atoms with Crippen molar-refractivity contribution in [3.63, 3.8) is 0 Å². The van der Waals surface area contributed by atoms with Crippen molar-refractivity contribution in [2.45, 2.75) is 5.41 Å². The van der Waals surface area contributed by atoms with Crippen molar-refractivity contribution in [1.82, 2.24) is 19.9 Å². The van der Waals surface area contributed by atoms with Gasteiger partial charge in [-0.15, -0.1) is 22.5 Å². The van der Waals surface area contributed by atoms with Gasteiger partial charge in [0.05, 0.1) is 23.8 Å². The molecule has 0 fully saturated rings. The first-order valence-corrected chi connectivity index (χ1v) is 14.7. The predicted molar refractivity (Wildman–Crippen MR) is 175 cm³/mol. The molecular formula is C37H26N8Pt. The van der Waals surface area contributed by atoms with Crippen LogP contribution in [0.1, 0.15) is 22.3 Å². The summed E-state index contributed by atoms with van der Waals surface area (Å²) in [5.74, 6) is 1.65. The molecule has 3 aliphatic rings. The minimum absolute atomic E-state index is 0. The van der Waals surface area contributed by atoms with Gasteiger partial charge in [-0.3, -0.25) is 0 Å². The van der Waals surface area contributed by atoms with E-state index >= 15 is 0 Å². The number of fused-ring (bicyclic) bond motifs is 5. The Morgan fingerprint density at radius 1 is 0.587 bits per heavy atom. The van der Waals surface area contributed by atoms with Crippen molar-refractivity contribution in [3.05, 3.63) is 158 Å². The number of nitrogens with zero attached hydrogens (tertiary/aromatic N) is 8. The Hall–Kier alpha value is -5.07. The predicted octanol–water partition coefficient (Wildman–Crippen LogP) is 6.64. The van der Waals surface area contributed by atoms with Crippen LogP contribution >= 0.6 is 0 Å². The van der Waals surface area contributed by atoms with E-state index in [2.05, 4.69) is 127 Å². The fourth-order valence-electron chi connectivity index (χ4n) is 7.03. The molecule has 9 rings (SSSR count). The Kier molecular flexibility index (Phi) is 6.66. The van der Waals surface area contributed by atoms with E-state index in [0.717, 1.165) is 45.5 Å². The summed E-state index contributed by atoms with van der Waals surface area (Å²) in [6, 6.07) is 37.9. The number of benzene rings is 4. The van der Waals surface area contributed by atoms with Gasteiger partial charge in [-0.2, -0.15) is 61.9 Å². The van der Waals surface area contributed by atoms with Gasteiger partial charge in [-0.25, -0.2) is 19.9 Å². The number of anilines is 6. The van der Waals surface area contributed by atoms with Gasteiger partial charge in [0.2, 0.25) is 0 Å². The SMILES string of the molecule is CN1[CH-]N(c2[c-]c(C3(c4[c-]c(N5[CH-]N(C)c6cncnc65)ccc4)c4ccccc4-c4ccccc43)ccc2)c2ncncc21.[Pt+4]. The Bertz CT molecular complexity index is 1970. The van der Waals surface area contributed by atoms with E-state index in [1.807, 2.05) is 49.6 Å². The molecular weight excluding hydrogens is 752 g/mol. The average Bonchev–Trinajstić information content (AvgIpc) is 3.73. The molecule has 46 heavy (non-hydrogen) atoms. The summed E-state index contributed by atoms with van der Waals surface area (Å²) in [4.78, 5) is 25.9. The van der Waals surface area contributed by atoms with Crippen LogP contribution in [0.5, 0.6) is 0 Å². The molecule has 0 amide bonds. The van der Waals surface area contributed by atoms with Crippen LogP contribution in [0.2, 0.25) is 0 Å². The molecule has 0 bridgehead atoms. The smallest absolute Gasteiger partial charge is 0.501 e. The Balaban J connectivity index is 0.00000312. The van der Waals surface area contributed by atoms with Crippen molar-refractivity contribution < 1.29 is 21.1 Å². The van der Waals surface area contributed by atoms with Crippen molar-refractivity contribution in [2.24, 2.45) is 0 Å². The van der Waals surface area contributed by atoms with Crippen molar-refractivity contribution in [2.75, 3.05) is 33.7 Å². The molecule has 0 saturated carbocycles. The molecule has 8 nitrogen and oxygen atoms in total. The second-order valence-electron chi connectivity index (χ2n) is 11.4. The maximum Gasteiger partial charge on any atom is 4.00 e. The molecule has 9 heteroatoms. The monoisotopic (exact) mass is 777 g/mol. The third-order valence-electron chi connectivity index (χ3n) is 8.98. The first-order valence-electron chi connectivity index (χ1n) is 14.7. The third-order valence-corrected chi connectivity index (χ3v) is 8.98. The van der Waals surface area contributed by atoms with Crippen LogP contribution in [0, 0.1) is 25.5 Å². The van der Waals surface area contributed by atoms with E-state index in [-0.39, 0.29) is 21.1 Å². The standard InChI is InChI=1S/C37H26N8.Pt/c1-42-23-44(35-33(42)19-38-21-40-35)27-11-7-9-25(17-27)37(31-15-5-3-13-29(31)30-14-4-6-16-32(30)37)26-10-8-12-28(18-26)45-24-43(2)34-20-39-22-41-36(34)45;/h3-16,19-24H,1-2H3;/q-4;+4. The molecule has 1 aliphatic carbocycles. The van der Waals surface area contributed by atoms with Gasteiger partial charge in [0.25, 0.3) is 0 Å². The van der Waals surface area contributed by atoms with Gasteiger partial charge >= 0.3 is 21.1 Å². The molecule has 2 aromatic heterocycles. The summed E-state index contributed by atoms with van der Waals surface area (Å²) in [6.07, 6.45) is 6.85. The Morgan fingerprint density at radius 3 is 1.52 bits per heavy atom. The first kappa shape index (κ1) is 28.4. The molecule has 6 aromatic rings. The van der Waals surface area contributed by atoms with E-state index in [0.29, 0.717) is 0 Å². The van der Waals surface area contributed by atoms with Gasteiger partial charge in [-0.05, 0) is 36.3 Å². The molecule has 0 spiro atoms. The van der Waals surface area contributed by atoms with E-state index in [4.69, 9.17) is 0 Å². The van der Waals surface area contributed by atoms with E-state index < -0.39 is 5.41 Å². The second kappa shape index (κ2) is 10.8. The van der Waals surface area contributed by atoms with Crippen LogP contribution in [0.3, 0.4) is 0 Å². The number of hydrogen-bond acceptors (Lipinski definition) is 8. The summed E-state index contributed by atoms with van der Waals surface area (Å²) >= 11 is 0. The topological polar surface area (TPSA) is 64.5 Å². The summed E-state index contributed by atoms with van der Waals surface area (Å²) in [5, 5.41) is 0. The summed E-state index contributed by atoms with van der Waals surface area (Å²) < 4.78 is 0. The van der Waals surface area contributed by atoms with Crippen LogP contribution < -0.4 is 19.6 Å². The number of aromatic nitrogens is 4. The minimum atomic E-state index is -0.681. The number of rotatable bonds is 4. The minimum Gasteiger partial charge on any atom is -0.501 e. The molecule has 0 atom stereocenters. The summed E-state index contributed by atoms with van der Waals surface area (Å²) in [5.41, 5.74) is 9.86. The number of hydrogen-bond donors (Lipinski definition) is 0. The van der Waals surface area contributed by atoms with Gasteiger partial charge in [0.15, 0.2) is 0 Å². The molecule has 0 saturated heterocycles. The molecule has 0 unspecified atom stereocenters. The van der Waals surface area contributed by atoms with Crippen molar-refractivity contribution >= 4 is 34.4 Å². The van der Waals surface area contributed by atoms with Crippen molar-refractivity contribution in [1.29, 1.82) is 0 Å². The fourth-order valence-corrected chi connectivity index (χ4v) is 7.03. The van der Waals surface area contributed by atoms with Crippen LogP contribution in [-0.2, 0) is 26.5 Å². The Morgan fingerprint density at radius 2 is 1.04 bits per heavy atom. The van der Waals surface area contributed by atoms with Crippen molar-refractivity contribution in [3.8, 4) is 11.1 Å². The van der Waals surface area contributed by atoms with Crippen LogP contribution in [0.25, 0.3) is 11.1 Å². The van der Waals surface area contributed by atoms with Gasteiger partial charge < -0.3 is 19.6 Å². The largest absolute Gasteiger partial charge is 4.00 e. The zero-order valence-electron chi connectivity index (χ0n) is 24.9. The second-order valence-corrected chi connectivity index (χ2v) is 11.4. The molecule has 0 N–H and O–H groups in total. The van der Waals surface area contributed by atoms with E-state index in [9.17, 15) is 0 Å². The van der Waals surface area contributed by atoms with Gasteiger partial charge in [0, 0.05) is 5.41 Å². The molecule has 2 aliphatic heterocycles. The zero-order chi connectivity index (χ0) is 30.1. The van der Waals surface area contributed by atoms with E-state index in [1.165, 1.54) is 22.3 Å². The Labute approximate surface area is 282 Å². The maximum atomic E-state index is 4.61. The third kappa shape index (κ3) is 3.96. The molecule has 0 radical (unpaired) electrons. The quantitative estimate of drug-likeness (QED) is 0.185. The van der Waals surface area contributed by atoms with Gasteiger partial charge in [0.1, 0.15) is 24.3 Å². The van der Waals surface area contributed by atoms with Crippen LogP contribution in [0.4, 0.5) is 34.4 Å². The molecule has 224 valence electrons. The normalized spacial score (nSPS) is 15.3. The van der Waals surface area contributed by atoms with E-state index in [1.54, 1.807) is 12.7 Å². The fraction of sp³-hybridized carbons (Fsp3) is 0.0811. The van der Waals surface area contributed by atoms with Crippen LogP contribution in [0.15, 0.2) is 110 Å². The zero-order valence-corrected chi connectivity index (χ0v) is 27.2. The molecule has 4 aromatic carbocycles. The average molecular weight is 778 g/mol. The van der Waals surface area contributed by atoms with Crippen LogP contribution in [-0.4, -0.2) is 34.0 Å². The van der Waals surface area contributed by atoms with Gasteiger partial charge in [-0.1, -0.05) is 48.5 Å². The summed E-state index contributed by atoms with van der Waals surface area (Å²) in [7, 11) is 4.01. The maximum absolute atomic E-state index is 4.61. The molecule has 4 heterocycles. The summed E-state index contributed by atoms with van der Waals surface area (Å²) in [6.45, 7) is 4.06.